The van der Waals surface area contributed by atoms with Gasteiger partial charge in [-0.3, -0.25) is 0 Å². The maximum absolute atomic E-state index is 8.36. The SMILES string of the molecule is Clc1ccc(COC(Cn2ccnc2)c2ccc(Cl)cc2Cl)c(Cl)c1.Clc1ccc(COC(Cn2ccnc2)c2ccc(Cl)cc2Cl)c(Cl)c1.O=[N+]([O-])O. The van der Waals surface area contributed by atoms with Crippen molar-refractivity contribution in [3.63, 3.8) is 0 Å². The Morgan fingerprint density at radius 2 is 0.926 bits per heavy atom. The van der Waals surface area contributed by atoms with Gasteiger partial charge in [0.2, 0.25) is 0 Å². The minimum atomic E-state index is -1.50. The average Bonchev–Trinajstić information content (AvgIpc) is 3.82. The number of nitrogens with zero attached hydrogens (tertiary/aromatic N) is 5. The van der Waals surface area contributed by atoms with Crippen LogP contribution in [0.1, 0.15) is 34.5 Å². The molecule has 1 N–H and O–H groups in total. The highest BCUT2D eigenvalue weighted by Gasteiger charge is 2.19. The van der Waals surface area contributed by atoms with Gasteiger partial charge in [-0.05, 0) is 59.7 Å². The van der Waals surface area contributed by atoms with Crippen LogP contribution in [0.4, 0.5) is 0 Å². The molecule has 10 nitrogen and oxygen atoms in total. The third-order valence-corrected chi connectivity index (χ3v) is 9.70. The highest BCUT2D eigenvalue weighted by atomic mass is 35.5. The molecule has 0 saturated heterocycles. The van der Waals surface area contributed by atoms with Gasteiger partial charge in [-0.2, -0.15) is 0 Å². The van der Waals surface area contributed by atoms with Crippen LogP contribution in [0.5, 0.6) is 0 Å². The first-order valence-electron chi connectivity index (χ1n) is 15.5. The van der Waals surface area contributed by atoms with E-state index in [1.54, 1.807) is 73.6 Å². The summed E-state index contributed by atoms with van der Waals surface area (Å²) in [5, 5.41) is 18.2. The summed E-state index contributed by atoms with van der Waals surface area (Å²) >= 11 is 49.1. The van der Waals surface area contributed by atoms with Gasteiger partial charge in [-0.15, -0.1) is 10.1 Å². The first kappa shape index (κ1) is 43.5. The van der Waals surface area contributed by atoms with E-state index in [9.17, 15) is 0 Å². The number of benzene rings is 4. The summed E-state index contributed by atoms with van der Waals surface area (Å²) in [6.07, 6.45) is 10.1. The second-order valence-electron chi connectivity index (χ2n) is 11.2. The van der Waals surface area contributed by atoms with Gasteiger partial charge in [0, 0.05) is 76.1 Å². The van der Waals surface area contributed by atoms with Crippen molar-refractivity contribution in [3.8, 4) is 0 Å². The second-order valence-corrected chi connectivity index (χ2v) is 14.5. The Kier molecular flexibility index (Phi) is 17.5. The number of aromatic nitrogens is 4. The molecule has 18 heteroatoms. The number of hydrogen-bond acceptors (Lipinski definition) is 6. The molecule has 54 heavy (non-hydrogen) atoms. The molecule has 2 aromatic heterocycles. The molecule has 0 fully saturated rings. The number of hydrogen-bond donors (Lipinski definition) is 1. The minimum absolute atomic E-state index is 0.286. The third-order valence-electron chi connectivity index (χ3n) is 7.40. The van der Waals surface area contributed by atoms with Crippen LogP contribution in [0.3, 0.4) is 0 Å². The predicted molar refractivity (Wildman–Crippen MR) is 214 cm³/mol. The standard InChI is InChI=1S/2C18H14Cl4N2O.HNO3/c2*19-13-2-1-12(16(21)7-13)10-25-18(9-24-6-5-23-11-24)15-4-3-14(20)8-17(15)22;2-1(3)4/h2*1-8,11,18H,9-10H2;(H,2,3,4). The number of halogens is 8. The van der Waals surface area contributed by atoms with Crippen LogP contribution in [-0.4, -0.2) is 29.4 Å². The van der Waals surface area contributed by atoms with Crippen molar-refractivity contribution in [1.82, 2.24) is 19.1 Å². The Balaban J connectivity index is 0.000000219. The van der Waals surface area contributed by atoms with Gasteiger partial charge < -0.3 is 23.8 Å². The zero-order chi connectivity index (χ0) is 39.2. The van der Waals surface area contributed by atoms with Crippen LogP contribution in [0, 0.1) is 10.1 Å². The highest BCUT2D eigenvalue weighted by Crippen LogP contribution is 2.33. The average molecular weight is 895 g/mol. The summed E-state index contributed by atoms with van der Waals surface area (Å²) in [6, 6.07) is 21.4. The molecule has 0 amide bonds. The van der Waals surface area contributed by atoms with Crippen molar-refractivity contribution in [3.05, 3.63) is 183 Å². The molecule has 2 unspecified atom stereocenters. The summed E-state index contributed by atoms with van der Waals surface area (Å²) in [7, 11) is 0. The monoisotopic (exact) mass is 891 g/mol. The van der Waals surface area contributed by atoms with Gasteiger partial charge in [-0.1, -0.05) is 117 Å². The van der Waals surface area contributed by atoms with E-state index in [0.29, 0.717) is 66.5 Å². The van der Waals surface area contributed by atoms with Crippen molar-refractivity contribution in [2.24, 2.45) is 0 Å². The lowest BCUT2D eigenvalue weighted by molar-refractivity contribution is -0.742. The van der Waals surface area contributed by atoms with E-state index in [-0.39, 0.29) is 12.2 Å². The van der Waals surface area contributed by atoms with Gasteiger partial charge in [-0.25, -0.2) is 9.97 Å². The molecule has 2 atom stereocenters. The van der Waals surface area contributed by atoms with Gasteiger partial charge >= 0.3 is 0 Å². The summed E-state index contributed by atoms with van der Waals surface area (Å²) in [4.78, 5) is 16.5. The molecule has 0 aliphatic rings. The van der Waals surface area contributed by atoms with Gasteiger partial charge in [0.05, 0.1) is 39.0 Å². The molecule has 4 aromatic carbocycles. The van der Waals surface area contributed by atoms with E-state index in [2.05, 4.69) is 9.97 Å². The summed E-state index contributed by atoms with van der Waals surface area (Å²) < 4.78 is 16.1. The highest BCUT2D eigenvalue weighted by molar-refractivity contribution is 6.36. The van der Waals surface area contributed by atoms with E-state index in [0.717, 1.165) is 22.3 Å². The van der Waals surface area contributed by atoms with Crippen molar-refractivity contribution < 1.29 is 19.8 Å². The first-order valence-corrected chi connectivity index (χ1v) is 18.6. The predicted octanol–water partition coefficient (Wildman–Crippen LogP) is 12.6. The maximum Gasteiger partial charge on any atom is 0.291 e. The smallest absolute Gasteiger partial charge is 0.291 e. The van der Waals surface area contributed by atoms with E-state index in [1.807, 2.05) is 45.8 Å². The van der Waals surface area contributed by atoms with Crippen molar-refractivity contribution in [2.75, 3.05) is 0 Å². The number of imidazole rings is 2. The molecule has 0 bridgehead atoms. The zero-order valence-corrected chi connectivity index (χ0v) is 33.8. The maximum atomic E-state index is 8.36. The molecule has 2 heterocycles. The zero-order valence-electron chi connectivity index (χ0n) is 27.7. The molecule has 0 saturated carbocycles. The van der Waals surface area contributed by atoms with Crippen LogP contribution in [0.25, 0.3) is 0 Å². The molecule has 284 valence electrons. The molecule has 0 spiro atoms. The van der Waals surface area contributed by atoms with Gasteiger partial charge in [0.15, 0.2) is 0 Å². The Labute approximate surface area is 350 Å². The van der Waals surface area contributed by atoms with Crippen molar-refractivity contribution >= 4 is 92.8 Å². The van der Waals surface area contributed by atoms with Gasteiger partial charge in [0.1, 0.15) is 12.2 Å². The summed E-state index contributed by atoms with van der Waals surface area (Å²) in [5.74, 6) is 0. The van der Waals surface area contributed by atoms with E-state index in [4.69, 9.17) is 118 Å². The molecule has 0 aliphatic carbocycles. The fourth-order valence-electron chi connectivity index (χ4n) is 4.84. The molecule has 0 aliphatic heterocycles. The number of ether oxygens (including phenoxy) is 2. The molecular weight excluding hydrogens is 866 g/mol. The molecular formula is C36H29Cl8N5O5. The number of rotatable bonds is 12. The Morgan fingerprint density at radius 3 is 1.22 bits per heavy atom. The lowest BCUT2D eigenvalue weighted by Gasteiger charge is -2.21. The Bertz CT molecular complexity index is 1960. The first-order chi connectivity index (χ1) is 25.8. The van der Waals surface area contributed by atoms with Crippen molar-refractivity contribution in [1.29, 1.82) is 0 Å². The lowest BCUT2D eigenvalue weighted by atomic mass is 10.1. The third kappa shape index (κ3) is 14.1. The van der Waals surface area contributed by atoms with Gasteiger partial charge in [0.25, 0.3) is 5.09 Å². The lowest BCUT2D eigenvalue weighted by Crippen LogP contribution is -2.12. The van der Waals surface area contributed by atoms with E-state index in [1.165, 1.54) is 0 Å². The van der Waals surface area contributed by atoms with Crippen LogP contribution < -0.4 is 0 Å². The molecule has 6 rings (SSSR count). The van der Waals surface area contributed by atoms with E-state index < -0.39 is 5.09 Å². The normalized spacial score (nSPS) is 11.9. The largest absolute Gasteiger partial charge is 0.367 e. The van der Waals surface area contributed by atoms with Crippen LogP contribution in [-0.2, 0) is 35.8 Å². The van der Waals surface area contributed by atoms with Crippen LogP contribution in [0.15, 0.2) is 110 Å². The fourth-order valence-corrected chi connectivity index (χ4v) is 6.82. The van der Waals surface area contributed by atoms with Crippen LogP contribution in [0.2, 0.25) is 40.2 Å². The minimum Gasteiger partial charge on any atom is -0.367 e. The fraction of sp³-hybridized carbons (Fsp3) is 0.167. The Morgan fingerprint density at radius 1 is 0.593 bits per heavy atom. The topological polar surface area (TPSA) is 117 Å². The quantitative estimate of drug-likeness (QED) is 0.0960. The Hall–Kier alpha value is -3.26. The van der Waals surface area contributed by atoms with Crippen molar-refractivity contribution in [2.45, 2.75) is 38.5 Å². The second kappa shape index (κ2) is 21.7. The summed E-state index contributed by atoms with van der Waals surface area (Å²) in [6.45, 7) is 1.78. The van der Waals surface area contributed by atoms with Crippen LogP contribution >= 0.6 is 92.8 Å². The molecule has 6 aromatic rings. The molecule has 0 radical (unpaired) electrons. The van der Waals surface area contributed by atoms with E-state index >= 15 is 0 Å². The summed E-state index contributed by atoms with van der Waals surface area (Å²) in [5.41, 5.74) is 3.41.